The number of aliphatic carboxylic acids is 2. The lowest BCUT2D eigenvalue weighted by Crippen LogP contribution is -2.56. The molecular formula is C51H54F2N8O10. The number of carbonyl (C=O) groups is 4. The molecule has 2 aliphatic heterocycles. The van der Waals surface area contributed by atoms with E-state index in [9.17, 15) is 28.0 Å². The molecule has 0 radical (unpaired) electrons. The van der Waals surface area contributed by atoms with Crippen LogP contribution in [0.1, 0.15) is 114 Å². The number of amidine groups is 1. The fraction of sp³-hybridized carbons (Fsp3) is 0.353. The standard InChI is InChI=1S/C23H21FN4O3.C14H10FN3O.C9H15NO4.C5H8O2/c1-23(2,3)30-22(29)28-12-11-19(28)21-26-20(27-31-21)18-10-9-16(14-25-18)8-7-15-5-4-6-17(24)13-15;15-12-3-1-2-10(8-12)4-5-11-6-7-13(17-9-11)14(16)18-19;1-9(2,3)14-8(13)10-5-4-6(10)7(11)12;6-5(7)4-2-1-3-4/h4-6,9-10,13-14,19H,11-12H2,1-3H3;1-3,6-9,19H,(H2,16,18);6H,4-5H2,1-3H3,(H,11,12);4H,1-3H2,(H,6,7). The van der Waals surface area contributed by atoms with E-state index in [0.29, 0.717) is 64.9 Å². The Morgan fingerprint density at radius 1 is 0.718 bits per heavy atom. The lowest BCUT2D eigenvalue weighted by molar-refractivity contribution is -0.147. The van der Waals surface area contributed by atoms with Crippen LogP contribution in [0.15, 0.2) is 94.9 Å². The monoisotopic (exact) mass is 976 g/mol. The van der Waals surface area contributed by atoms with Crippen molar-refractivity contribution >= 4 is 30.0 Å². The van der Waals surface area contributed by atoms with Crippen LogP contribution in [0.5, 0.6) is 0 Å². The highest BCUT2D eigenvalue weighted by Gasteiger charge is 2.41. The van der Waals surface area contributed by atoms with Gasteiger partial charge in [0.15, 0.2) is 5.84 Å². The lowest BCUT2D eigenvalue weighted by atomic mass is 9.86. The number of likely N-dealkylation sites (tertiary alicyclic amines) is 2. The number of carboxylic acid groups (broad SMARTS) is 2. The van der Waals surface area contributed by atoms with Crippen molar-refractivity contribution in [2.24, 2.45) is 16.8 Å². The molecule has 1 aliphatic carbocycles. The average molecular weight is 977 g/mol. The van der Waals surface area contributed by atoms with Gasteiger partial charge in [-0.05, 0) is 128 Å². The fourth-order valence-corrected chi connectivity index (χ4v) is 6.19. The zero-order valence-electron chi connectivity index (χ0n) is 39.9. The van der Waals surface area contributed by atoms with Crippen molar-refractivity contribution in [3.63, 3.8) is 0 Å². The van der Waals surface area contributed by atoms with Crippen LogP contribution in [-0.4, -0.2) is 106 Å². The van der Waals surface area contributed by atoms with E-state index >= 15 is 0 Å². The second-order valence-corrected chi connectivity index (χ2v) is 18.1. The zero-order chi connectivity index (χ0) is 51.9. The van der Waals surface area contributed by atoms with Crippen molar-refractivity contribution in [3.8, 4) is 35.2 Å². The van der Waals surface area contributed by atoms with E-state index in [1.807, 2.05) is 20.8 Å². The second-order valence-electron chi connectivity index (χ2n) is 18.1. The van der Waals surface area contributed by atoms with Crippen molar-refractivity contribution in [2.45, 2.75) is 96.9 Å². The van der Waals surface area contributed by atoms with E-state index in [2.05, 4.69) is 48.9 Å². The molecule has 5 heterocycles. The largest absolute Gasteiger partial charge is 0.481 e. The van der Waals surface area contributed by atoms with E-state index in [1.54, 1.807) is 80.4 Å². The second kappa shape index (κ2) is 24.2. The minimum atomic E-state index is -0.970. The highest BCUT2D eigenvalue weighted by Crippen LogP contribution is 2.34. The highest BCUT2D eigenvalue weighted by atomic mass is 19.1. The van der Waals surface area contributed by atoms with Crippen LogP contribution in [0.25, 0.3) is 11.5 Å². The molecule has 2 unspecified atom stereocenters. The minimum Gasteiger partial charge on any atom is -0.481 e. The van der Waals surface area contributed by atoms with E-state index < -0.39 is 41.4 Å². The molecule has 2 saturated heterocycles. The van der Waals surface area contributed by atoms with Crippen LogP contribution >= 0.6 is 0 Å². The molecule has 5 aromatic rings. The third-order valence-electron chi connectivity index (χ3n) is 10.2. The molecule has 18 nitrogen and oxygen atoms in total. The number of aromatic nitrogens is 4. The topological polar surface area (TPSA) is 257 Å². The molecule has 2 amide bonds. The molecule has 3 fully saturated rings. The molecule has 0 bridgehead atoms. The lowest BCUT2D eigenvalue weighted by Gasteiger charge is -2.39. The summed E-state index contributed by atoms with van der Waals surface area (Å²) in [7, 11) is 0. The number of oxime groups is 1. The van der Waals surface area contributed by atoms with Crippen molar-refractivity contribution in [1.29, 1.82) is 0 Å². The number of rotatable bonds is 5. The maximum atomic E-state index is 13.2. The first kappa shape index (κ1) is 53.6. The smallest absolute Gasteiger partial charge is 0.411 e. The Balaban J connectivity index is 0.000000199. The van der Waals surface area contributed by atoms with Gasteiger partial charge in [0, 0.05) is 47.7 Å². The number of carboxylic acids is 2. The third-order valence-corrected chi connectivity index (χ3v) is 10.2. The Kier molecular flexibility index (Phi) is 18.3. The van der Waals surface area contributed by atoms with Crippen molar-refractivity contribution in [2.75, 3.05) is 13.1 Å². The van der Waals surface area contributed by atoms with Crippen LogP contribution in [0, 0.1) is 41.2 Å². The maximum Gasteiger partial charge on any atom is 0.411 e. The van der Waals surface area contributed by atoms with Crippen molar-refractivity contribution in [1.82, 2.24) is 29.9 Å². The summed E-state index contributed by atoms with van der Waals surface area (Å²) in [6.45, 7) is 11.8. The molecule has 20 heteroatoms. The van der Waals surface area contributed by atoms with Gasteiger partial charge in [-0.25, -0.2) is 23.2 Å². The van der Waals surface area contributed by atoms with Crippen LogP contribution in [0.3, 0.4) is 0 Å². The third kappa shape index (κ3) is 16.7. The van der Waals surface area contributed by atoms with Gasteiger partial charge >= 0.3 is 24.1 Å². The van der Waals surface area contributed by atoms with E-state index in [-0.39, 0.29) is 29.4 Å². The van der Waals surface area contributed by atoms with E-state index in [4.69, 9.17) is 35.2 Å². The fourth-order valence-electron chi connectivity index (χ4n) is 6.19. The van der Waals surface area contributed by atoms with Gasteiger partial charge in [-0.1, -0.05) is 52.5 Å². The normalized spacial score (nSPS) is 16.0. The molecular weight excluding hydrogens is 923 g/mol. The number of amides is 2. The van der Waals surface area contributed by atoms with Gasteiger partial charge in [-0.3, -0.25) is 24.6 Å². The molecule has 71 heavy (non-hydrogen) atoms. The SMILES string of the molecule is CC(C)(C)OC(=O)N1CCC1C(=O)O.CC(C)(C)OC(=O)N1CCC1c1nc(-c2ccc(C#Cc3cccc(F)c3)cn2)no1.N/C(=N\O)c1ccc(C#Cc2cccc(F)c2)cn1.O=C(O)C1CCC1. The highest BCUT2D eigenvalue weighted by molar-refractivity contribution is 5.95. The van der Waals surface area contributed by atoms with Gasteiger partial charge in [0.1, 0.15) is 46.3 Å². The van der Waals surface area contributed by atoms with Gasteiger partial charge in [0.05, 0.1) is 5.92 Å². The number of nitrogens with zero attached hydrogens (tertiary/aromatic N) is 7. The summed E-state index contributed by atoms with van der Waals surface area (Å²) < 4.78 is 42.0. The summed E-state index contributed by atoms with van der Waals surface area (Å²) in [5, 5.41) is 32.3. The number of hydrogen-bond acceptors (Lipinski definition) is 13. The molecule has 3 aliphatic rings. The van der Waals surface area contributed by atoms with E-state index in [1.165, 1.54) is 35.4 Å². The summed E-state index contributed by atoms with van der Waals surface area (Å²) in [6.07, 6.45) is 6.28. The molecule has 2 aromatic carbocycles. The summed E-state index contributed by atoms with van der Waals surface area (Å²) in [5.74, 6) is 9.89. The first-order chi connectivity index (χ1) is 33.6. The molecule has 0 spiro atoms. The number of nitrogens with two attached hydrogens (primary N) is 1. The van der Waals surface area contributed by atoms with Crippen molar-refractivity contribution in [3.05, 3.63) is 131 Å². The number of benzene rings is 2. The predicted octanol–water partition coefficient (Wildman–Crippen LogP) is 8.02. The van der Waals surface area contributed by atoms with Crippen LogP contribution in [0.4, 0.5) is 18.4 Å². The van der Waals surface area contributed by atoms with Gasteiger partial charge < -0.3 is 35.2 Å². The Morgan fingerprint density at radius 3 is 1.63 bits per heavy atom. The van der Waals surface area contributed by atoms with E-state index in [0.717, 1.165) is 25.7 Å². The number of halogens is 2. The number of hydrogen-bond donors (Lipinski definition) is 4. The van der Waals surface area contributed by atoms with Crippen LogP contribution in [-0.2, 0) is 19.1 Å². The summed E-state index contributed by atoms with van der Waals surface area (Å²) in [4.78, 5) is 59.8. The first-order valence-electron chi connectivity index (χ1n) is 22.3. The van der Waals surface area contributed by atoms with Crippen molar-refractivity contribution < 1.29 is 57.4 Å². The number of carbonyl (C=O) groups excluding carboxylic acids is 2. The summed E-state index contributed by atoms with van der Waals surface area (Å²) in [6, 6.07) is 17.9. The maximum absolute atomic E-state index is 13.2. The van der Waals surface area contributed by atoms with Gasteiger partial charge in [0.2, 0.25) is 11.7 Å². The first-order valence-corrected chi connectivity index (χ1v) is 22.3. The summed E-state index contributed by atoms with van der Waals surface area (Å²) >= 11 is 0. The predicted molar refractivity (Wildman–Crippen MR) is 253 cm³/mol. The molecule has 2 atom stereocenters. The Morgan fingerprint density at radius 2 is 1.25 bits per heavy atom. The van der Waals surface area contributed by atoms with Crippen LogP contribution in [0.2, 0.25) is 0 Å². The van der Waals surface area contributed by atoms with Gasteiger partial charge in [0.25, 0.3) is 0 Å². The zero-order valence-corrected chi connectivity index (χ0v) is 39.9. The Bertz CT molecular complexity index is 2820. The molecule has 1 saturated carbocycles. The minimum absolute atomic E-state index is 0.000000000000000444. The number of ether oxygens (including phenoxy) is 2. The quantitative estimate of drug-likeness (QED) is 0.0427. The Labute approximate surface area is 408 Å². The Hall–Kier alpha value is -8.39. The number of pyridine rings is 2. The molecule has 372 valence electrons. The average Bonchev–Trinajstić information content (AvgIpc) is 3.72. The molecule has 8 rings (SSSR count). The van der Waals surface area contributed by atoms with Gasteiger partial charge in [-0.15, -0.1) is 0 Å². The summed E-state index contributed by atoms with van der Waals surface area (Å²) in [5.41, 5.74) is 7.62. The van der Waals surface area contributed by atoms with Crippen LogP contribution < -0.4 is 5.73 Å². The van der Waals surface area contributed by atoms with Gasteiger partial charge in [-0.2, -0.15) is 4.98 Å². The molecule has 3 aromatic heterocycles. The molecule has 5 N–H and O–H groups in total.